The Labute approximate surface area is 105 Å². The number of nitrogens with zero attached hydrogens (tertiary/aromatic N) is 3. The maximum atomic E-state index is 6.53. The fourth-order valence-corrected chi connectivity index (χ4v) is 4.35. The molecule has 2 aliphatic heterocycles. The van der Waals surface area contributed by atoms with Crippen LogP contribution in [0.4, 0.5) is 5.82 Å². The van der Waals surface area contributed by atoms with E-state index in [1.807, 2.05) is 0 Å². The van der Waals surface area contributed by atoms with Gasteiger partial charge in [-0.1, -0.05) is 11.6 Å². The molecular weight excluding hydrogens is 236 g/mol. The lowest BCUT2D eigenvalue weighted by molar-refractivity contribution is 0.316. The van der Waals surface area contributed by atoms with Crippen LogP contribution in [0.25, 0.3) is 0 Å². The molecule has 4 atom stereocenters. The molecule has 4 nitrogen and oxygen atoms in total. The predicted octanol–water partition coefficient (Wildman–Crippen LogP) is 1.59. The van der Waals surface area contributed by atoms with Crippen molar-refractivity contribution in [2.75, 3.05) is 4.90 Å². The normalized spacial score (nSPS) is 42.5. The first kappa shape index (κ1) is 10.1. The molecule has 0 spiro atoms. The zero-order valence-corrected chi connectivity index (χ0v) is 10.3. The lowest BCUT2D eigenvalue weighted by Gasteiger charge is -2.36. The summed E-state index contributed by atoms with van der Waals surface area (Å²) < 4.78 is 0. The van der Waals surface area contributed by atoms with Crippen LogP contribution in [-0.2, 0) is 0 Å². The van der Waals surface area contributed by atoms with Crippen molar-refractivity contribution < 1.29 is 0 Å². The summed E-state index contributed by atoms with van der Waals surface area (Å²) in [6.45, 7) is 0. The summed E-state index contributed by atoms with van der Waals surface area (Å²) in [5.74, 6) is 1.78. The van der Waals surface area contributed by atoms with Crippen molar-refractivity contribution in [2.45, 2.75) is 43.3 Å². The molecule has 1 aromatic heterocycles. The monoisotopic (exact) mass is 250 g/mol. The molecule has 2 aliphatic carbocycles. The lowest BCUT2D eigenvalue weighted by atomic mass is 9.83. The number of nitrogens with two attached hydrogens (primary N) is 1. The smallest absolute Gasteiger partial charge is 0.147 e. The second-order valence-corrected chi connectivity index (χ2v) is 6.14. The third kappa shape index (κ3) is 1.28. The van der Waals surface area contributed by atoms with E-state index in [-0.39, 0.29) is 5.54 Å². The molecule has 5 heteroatoms. The second kappa shape index (κ2) is 3.12. The summed E-state index contributed by atoms with van der Waals surface area (Å²) in [6.07, 6.45) is 8.18. The van der Waals surface area contributed by atoms with E-state index >= 15 is 0 Å². The quantitative estimate of drug-likeness (QED) is 0.823. The van der Waals surface area contributed by atoms with Crippen LogP contribution in [0.15, 0.2) is 12.4 Å². The van der Waals surface area contributed by atoms with Gasteiger partial charge in [0, 0.05) is 17.6 Å². The molecule has 3 heterocycles. The van der Waals surface area contributed by atoms with Gasteiger partial charge in [-0.25, -0.2) is 9.97 Å². The van der Waals surface area contributed by atoms with E-state index in [0.717, 1.165) is 18.2 Å². The number of rotatable bonds is 1. The van der Waals surface area contributed by atoms with Crippen LogP contribution in [0.2, 0.25) is 5.15 Å². The third-order valence-corrected chi connectivity index (χ3v) is 4.91. The van der Waals surface area contributed by atoms with Gasteiger partial charge in [-0.05, 0) is 31.6 Å². The van der Waals surface area contributed by atoms with Crippen LogP contribution < -0.4 is 10.6 Å². The van der Waals surface area contributed by atoms with Crippen molar-refractivity contribution in [2.24, 2.45) is 11.7 Å². The van der Waals surface area contributed by atoms with E-state index in [4.69, 9.17) is 17.3 Å². The van der Waals surface area contributed by atoms with E-state index in [2.05, 4.69) is 14.9 Å². The maximum absolute atomic E-state index is 6.53. The van der Waals surface area contributed by atoms with E-state index in [1.54, 1.807) is 12.4 Å². The minimum atomic E-state index is 0.0227. The Morgan fingerprint density at radius 3 is 2.88 bits per heavy atom. The van der Waals surface area contributed by atoms with Crippen molar-refractivity contribution in [1.29, 1.82) is 0 Å². The summed E-state index contributed by atoms with van der Waals surface area (Å²) >= 11 is 5.79. The molecule has 2 saturated carbocycles. The zero-order valence-electron chi connectivity index (χ0n) is 9.51. The summed E-state index contributed by atoms with van der Waals surface area (Å²) in [4.78, 5) is 10.9. The van der Waals surface area contributed by atoms with Crippen molar-refractivity contribution in [3.05, 3.63) is 17.5 Å². The summed E-state index contributed by atoms with van der Waals surface area (Å²) in [5, 5.41) is 0.449. The van der Waals surface area contributed by atoms with Gasteiger partial charge in [0.05, 0.1) is 12.4 Å². The molecule has 2 saturated heterocycles. The Balaban J connectivity index is 1.74. The average molecular weight is 251 g/mol. The number of aromatic nitrogens is 2. The molecule has 4 aliphatic rings. The number of anilines is 1. The molecule has 90 valence electrons. The van der Waals surface area contributed by atoms with Crippen LogP contribution in [-0.4, -0.2) is 27.6 Å². The molecule has 4 fully saturated rings. The average Bonchev–Trinajstić information content (AvgIpc) is 2.62. The highest BCUT2D eigenvalue weighted by Crippen LogP contribution is 2.54. The Hall–Kier alpha value is -0.870. The fraction of sp³-hybridized carbons (Fsp3) is 0.667. The van der Waals surface area contributed by atoms with Crippen LogP contribution in [0.1, 0.15) is 25.7 Å². The van der Waals surface area contributed by atoms with Crippen molar-refractivity contribution >= 4 is 17.4 Å². The van der Waals surface area contributed by atoms with Gasteiger partial charge < -0.3 is 10.6 Å². The summed E-state index contributed by atoms with van der Waals surface area (Å²) in [6, 6.07) is 1.02. The Morgan fingerprint density at radius 2 is 2.18 bits per heavy atom. The molecule has 0 aromatic carbocycles. The molecule has 4 bridgehead atoms. The number of hydrogen-bond acceptors (Lipinski definition) is 4. The minimum absolute atomic E-state index is 0.0227. The SMILES string of the molecule is NC12CC3CC(C1)N(c1cnc(Cl)cn1)C2C3. The first-order valence-corrected chi connectivity index (χ1v) is 6.58. The first-order chi connectivity index (χ1) is 8.16. The highest BCUT2D eigenvalue weighted by molar-refractivity contribution is 6.29. The number of halogens is 1. The highest BCUT2D eigenvalue weighted by atomic mass is 35.5. The zero-order chi connectivity index (χ0) is 11.6. The van der Waals surface area contributed by atoms with Crippen molar-refractivity contribution in [3.63, 3.8) is 0 Å². The minimum Gasteiger partial charge on any atom is -0.347 e. The van der Waals surface area contributed by atoms with E-state index in [1.165, 1.54) is 19.3 Å². The van der Waals surface area contributed by atoms with E-state index in [0.29, 0.717) is 17.2 Å². The van der Waals surface area contributed by atoms with Crippen LogP contribution in [0, 0.1) is 5.92 Å². The van der Waals surface area contributed by atoms with Crippen LogP contribution in [0.3, 0.4) is 0 Å². The summed E-state index contributed by atoms with van der Waals surface area (Å²) in [5.41, 5.74) is 6.55. The van der Waals surface area contributed by atoms with Gasteiger partial charge in [-0.15, -0.1) is 0 Å². The molecule has 1 aromatic rings. The standard InChI is InChI=1S/C12H15ClN4/c13-10-5-16-11(6-15-10)17-8-1-7-2-9(17)12(14,3-7)4-8/h5-9H,1-4,14H2. The third-order valence-electron chi connectivity index (χ3n) is 4.71. The van der Waals surface area contributed by atoms with E-state index in [9.17, 15) is 0 Å². The summed E-state index contributed by atoms with van der Waals surface area (Å²) in [7, 11) is 0. The van der Waals surface area contributed by atoms with Gasteiger partial charge >= 0.3 is 0 Å². The highest BCUT2D eigenvalue weighted by Gasteiger charge is 2.60. The molecule has 5 rings (SSSR count). The van der Waals surface area contributed by atoms with Crippen molar-refractivity contribution in [3.8, 4) is 0 Å². The van der Waals surface area contributed by atoms with Gasteiger partial charge in [-0.3, -0.25) is 0 Å². The number of hydrogen-bond donors (Lipinski definition) is 1. The van der Waals surface area contributed by atoms with Gasteiger partial charge in [0.1, 0.15) is 11.0 Å². The van der Waals surface area contributed by atoms with Gasteiger partial charge in [0.15, 0.2) is 0 Å². The van der Waals surface area contributed by atoms with E-state index < -0.39 is 0 Å². The Morgan fingerprint density at radius 1 is 1.29 bits per heavy atom. The lowest BCUT2D eigenvalue weighted by Crippen LogP contribution is -2.47. The fourth-order valence-electron chi connectivity index (χ4n) is 4.26. The largest absolute Gasteiger partial charge is 0.347 e. The number of piperidine rings is 1. The topological polar surface area (TPSA) is 55.0 Å². The molecule has 0 radical (unpaired) electrons. The molecule has 17 heavy (non-hydrogen) atoms. The first-order valence-electron chi connectivity index (χ1n) is 6.20. The van der Waals surface area contributed by atoms with Crippen LogP contribution >= 0.6 is 11.6 Å². The molecule has 0 amide bonds. The van der Waals surface area contributed by atoms with Crippen LogP contribution in [0.5, 0.6) is 0 Å². The maximum Gasteiger partial charge on any atom is 0.147 e. The molecular formula is C12H15ClN4. The van der Waals surface area contributed by atoms with Gasteiger partial charge in [0.25, 0.3) is 0 Å². The van der Waals surface area contributed by atoms with Gasteiger partial charge in [0.2, 0.25) is 0 Å². The molecule has 4 unspecified atom stereocenters. The predicted molar refractivity (Wildman–Crippen MR) is 66.0 cm³/mol. The van der Waals surface area contributed by atoms with Gasteiger partial charge in [-0.2, -0.15) is 0 Å². The Kier molecular flexibility index (Phi) is 1.85. The van der Waals surface area contributed by atoms with Crippen molar-refractivity contribution in [1.82, 2.24) is 9.97 Å². The second-order valence-electron chi connectivity index (χ2n) is 5.75. The Bertz CT molecular complexity index is 462. The molecule has 2 N–H and O–H groups in total.